The van der Waals surface area contributed by atoms with E-state index in [1.807, 2.05) is 38.1 Å². The Morgan fingerprint density at radius 3 is 2.37 bits per heavy atom. The number of carbonyl (C=O) groups excluding carboxylic acids is 2. The van der Waals surface area contributed by atoms with Crippen LogP contribution in [0.3, 0.4) is 0 Å². The number of hydrogen-bond donors (Lipinski definition) is 1. The van der Waals surface area contributed by atoms with E-state index >= 15 is 0 Å². The molecular weight excluding hydrogens is 383 g/mol. The summed E-state index contributed by atoms with van der Waals surface area (Å²) in [6.07, 6.45) is 0.103. The summed E-state index contributed by atoms with van der Waals surface area (Å²) in [5.41, 5.74) is 2.79. The lowest BCUT2D eigenvalue weighted by Gasteiger charge is -2.29. The van der Waals surface area contributed by atoms with E-state index in [2.05, 4.69) is 5.32 Å². The molecule has 0 aliphatic rings. The number of hydrogen-bond acceptors (Lipinski definition) is 2. The third kappa shape index (κ3) is 5.98. The summed E-state index contributed by atoms with van der Waals surface area (Å²) in [4.78, 5) is 27.0. The third-order valence-electron chi connectivity index (χ3n) is 4.35. The predicted octanol–water partition coefficient (Wildman–Crippen LogP) is 4.40. The van der Waals surface area contributed by atoms with Crippen LogP contribution < -0.4 is 5.32 Å². The van der Waals surface area contributed by atoms with Crippen LogP contribution >= 0.6 is 23.2 Å². The summed E-state index contributed by atoms with van der Waals surface area (Å²) in [5.74, 6) is -0.348. The van der Waals surface area contributed by atoms with Gasteiger partial charge in [0.2, 0.25) is 11.8 Å². The number of aryl methyl sites for hydroxylation is 1. The fourth-order valence-electron chi connectivity index (χ4n) is 2.72. The van der Waals surface area contributed by atoms with Crippen molar-refractivity contribution in [3.8, 4) is 0 Å². The zero-order chi connectivity index (χ0) is 20.0. The van der Waals surface area contributed by atoms with Crippen molar-refractivity contribution in [2.75, 3.05) is 6.54 Å². The third-order valence-corrected chi connectivity index (χ3v) is 4.94. The molecule has 0 fully saturated rings. The molecule has 2 aromatic carbocycles. The second-order valence-corrected chi connectivity index (χ2v) is 7.33. The molecule has 0 unspecified atom stereocenters. The molecule has 1 N–H and O–H groups in total. The van der Waals surface area contributed by atoms with Crippen LogP contribution in [0.1, 0.15) is 30.5 Å². The van der Waals surface area contributed by atoms with Gasteiger partial charge in [0.15, 0.2) is 0 Å². The summed E-state index contributed by atoms with van der Waals surface area (Å²) in [5, 5.41) is 3.74. The quantitative estimate of drug-likeness (QED) is 0.740. The second-order valence-electron chi connectivity index (χ2n) is 6.49. The Bertz CT molecular complexity index is 806. The average molecular weight is 407 g/mol. The van der Waals surface area contributed by atoms with Crippen molar-refractivity contribution in [2.45, 2.75) is 39.8 Å². The maximum absolute atomic E-state index is 13.0. The number of halogens is 2. The van der Waals surface area contributed by atoms with Gasteiger partial charge >= 0.3 is 0 Å². The molecule has 2 rings (SSSR count). The topological polar surface area (TPSA) is 49.4 Å². The number of nitrogens with one attached hydrogen (secondary N) is 1. The first-order valence-corrected chi connectivity index (χ1v) is 9.64. The largest absolute Gasteiger partial charge is 0.355 e. The highest BCUT2D eigenvalue weighted by atomic mass is 35.5. The van der Waals surface area contributed by atoms with Crippen LogP contribution in [0.5, 0.6) is 0 Å². The Morgan fingerprint density at radius 2 is 1.78 bits per heavy atom. The highest BCUT2D eigenvalue weighted by Crippen LogP contribution is 2.22. The molecule has 0 aromatic heterocycles. The summed E-state index contributed by atoms with van der Waals surface area (Å²) < 4.78 is 0. The van der Waals surface area contributed by atoms with Gasteiger partial charge in [-0.05, 0) is 44.0 Å². The van der Waals surface area contributed by atoms with Crippen molar-refractivity contribution in [1.29, 1.82) is 0 Å². The fraction of sp³-hybridized carbons (Fsp3) is 0.333. The number of amides is 2. The number of nitrogens with zero attached hydrogens (tertiary/aromatic N) is 1. The molecule has 0 aliphatic carbocycles. The lowest BCUT2D eigenvalue weighted by Crippen LogP contribution is -2.48. The van der Waals surface area contributed by atoms with Gasteiger partial charge in [0, 0.05) is 23.1 Å². The van der Waals surface area contributed by atoms with E-state index in [4.69, 9.17) is 23.2 Å². The Balaban J connectivity index is 2.25. The van der Waals surface area contributed by atoms with Crippen molar-refractivity contribution >= 4 is 35.0 Å². The predicted molar refractivity (Wildman–Crippen MR) is 110 cm³/mol. The van der Waals surface area contributed by atoms with Crippen LogP contribution in [0, 0.1) is 6.92 Å². The molecule has 0 aliphatic heterocycles. The minimum atomic E-state index is -0.593. The van der Waals surface area contributed by atoms with Crippen LogP contribution in [-0.2, 0) is 22.6 Å². The van der Waals surface area contributed by atoms with Crippen LogP contribution in [0.2, 0.25) is 10.0 Å². The number of benzene rings is 2. The lowest BCUT2D eigenvalue weighted by atomic mass is 10.1. The first-order chi connectivity index (χ1) is 12.8. The van der Waals surface area contributed by atoms with E-state index in [1.165, 1.54) is 0 Å². The molecule has 1 atom stereocenters. The molecule has 0 heterocycles. The van der Waals surface area contributed by atoms with Crippen LogP contribution in [0.25, 0.3) is 0 Å². The standard InChI is InChI=1S/C21H24Cl2N2O2/c1-4-24-21(27)15(3)25(13-16-7-5-14(2)6-8-16)20(26)11-17-9-10-18(22)12-19(17)23/h5-10,12,15H,4,11,13H2,1-3H3,(H,24,27)/t15-/m1/s1. The van der Waals surface area contributed by atoms with E-state index in [-0.39, 0.29) is 18.2 Å². The average Bonchev–Trinajstić information content (AvgIpc) is 2.63. The minimum absolute atomic E-state index is 0.103. The summed E-state index contributed by atoms with van der Waals surface area (Å²) >= 11 is 12.1. The van der Waals surface area contributed by atoms with E-state index < -0.39 is 6.04 Å². The van der Waals surface area contributed by atoms with Crippen molar-refractivity contribution in [1.82, 2.24) is 10.2 Å². The molecule has 0 bridgehead atoms. The van der Waals surface area contributed by atoms with E-state index in [9.17, 15) is 9.59 Å². The molecule has 27 heavy (non-hydrogen) atoms. The van der Waals surface area contributed by atoms with Crippen molar-refractivity contribution in [2.24, 2.45) is 0 Å². The Morgan fingerprint density at radius 1 is 1.11 bits per heavy atom. The molecule has 2 amide bonds. The van der Waals surface area contributed by atoms with Gasteiger partial charge < -0.3 is 10.2 Å². The molecule has 144 valence electrons. The first kappa shape index (κ1) is 21.3. The second kappa shape index (κ2) is 9.77. The van der Waals surface area contributed by atoms with Crippen molar-refractivity contribution < 1.29 is 9.59 Å². The molecular formula is C21H24Cl2N2O2. The summed E-state index contributed by atoms with van der Waals surface area (Å²) in [6.45, 7) is 6.46. The fourth-order valence-corrected chi connectivity index (χ4v) is 3.20. The lowest BCUT2D eigenvalue weighted by molar-refractivity contribution is -0.140. The highest BCUT2D eigenvalue weighted by molar-refractivity contribution is 6.35. The molecule has 2 aromatic rings. The Labute approximate surface area is 170 Å². The zero-order valence-electron chi connectivity index (χ0n) is 15.8. The molecule has 0 saturated carbocycles. The van der Waals surface area contributed by atoms with Gasteiger partial charge in [0.25, 0.3) is 0 Å². The zero-order valence-corrected chi connectivity index (χ0v) is 17.3. The van der Waals surface area contributed by atoms with Gasteiger partial charge in [-0.2, -0.15) is 0 Å². The monoisotopic (exact) mass is 406 g/mol. The van der Waals surface area contributed by atoms with Crippen molar-refractivity contribution in [3.63, 3.8) is 0 Å². The van der Waals surface area contributed by atoms with E-state index in [1.54, 1.807) is 30.0 Å². The van der Waals surface area contributed by atoms with Gasteiger partial charge in [-0.25, -0.2) is 0 Å². The maximum Gasteiger partial charge on any atom is 0.242 e. The van der Waals surface area contributed by atoms with Crippen LogP contribution in [0.15, 0.2) is 42.5 Å². The normalized spacial score (nSPS) is 11.7. The number of likely N-dealkylation sites (N-methyl/N-ethyl adjacent to an activating group) is 1. The minimum Gasteiger partial charge on any atom is -0.355 e. The SMILES string of the molecule is CCNC(=O)[C@@H](C)N(Cc1ccc(C)cc1)C(=O)Cc1ccc(Cl)cc1Cl. The molecule has 6 heteroatoms. The summed E-state index contributed by atoms with van der Waals surface area (Å²) in [6, 6.07) is 12.4. The number of carbonyl (C=O) groups is 2. The van der Waals surface area contributed by atoms with Crippen molar-refractivity contribution in [3.05, 3.63) is 69.2 Å². The first-order valence-electron chi connectivity index (χ1n) is 8.88. The molecule has 0 spiro atoms. The Kier molecular flexibility index (Phi) is 7.69. The molecule has 4 nitrogen and oxygen atoms in total. The smallest absolute Gasteiger partial charge is 0.242 e. The number of rotatable bonds is 7. The van der Waals surface area contributed by atoms with Gasteiger partial charge in [-0.15, -0.1) is 0 Å². The highest BCUT2D eigenvalue weighted by Gasteiger charge is 2.26. The molecule has 0 radical (unpaired) electrons. The summed E-state index contributed by atoms with van der Waals surface area (Å²) in [7, 11) is 0. The maximum atomic E-state index is 13.0. The van der Waals surface area contributed by atoms with Gasteiger partial charge in [-0.3, -0.25) is 9.59 Å². The van der Waals surface area contributed by atoms with Crippen LogP contribution in [0.4, 0.5) is 0 Å². The molecule has 0 saturated heterocycles. The van der Waals surface area contributed by atoms with E-state index in [0.29, 0.717) is 28.7 Å². The van der Waals surface area contributed by atoms with Gasteiger partial charge in [0.05, 0.1) is 6.42 Å². The van der Waals surface area contributed by atoms with Gasteiger partial charge in [0.1, 0.15) is 6.04 Å². The van der Waals surface area contributed by atoms with Crippen LogP contribution in [-0.4, -0.2) is 29.3 Å². The van der Waals surface area contributed by atoms with Gasteiger partial charge in [-0.1, -0.05) is 59.1 Å². The Hall–Kier alpha value is -2.04. The van der Waals surface area contributed by atoms with E-state index in [0.717, 1.165) is 11.1 Å².